The van der Waals surface area contributed by atoms with E-state index in [1.807, 2.05) is 7.11 Å². The van der Waals surface area contributed by atoms with E-state index in [4.69, 9.17) is 4.74 Å². The molecule has 2 aliphatic rings. The molecule has 0 amide bonds. The van der Waals surface area contributed by atoms with E-state index in [0.717, 1.165) is 17.2 Å². The summed E-state index contributed by atoms with van der Waals surface area (Å²) in [4.78, 5) is 0. The lowest BCUT2D eigenvalue weighted by molar-refractivity contribution is 0.0708. The molecule has 1 aromatic carbocycles. The summed E-state index contributed by atoms with van der Waals surface area (Å²) in [7, 11) is 1.87. The maximum absolute atomic E-state index is 5.72. The van der Waals surface area contributed by atoms with Gasteiger partial charge in [0.25, 0.3) is 0 Å². The van der Waals surface area contributed by atoms with Crippen LogP contribution in [-0.2, 0) is 4.74 Å². The van der Waals surface area contributed by atoms with Crippen LogP contribution in [-0.4, -0.2) is 24.5 Å². The van der Waals surface area contributed by atoms with Crippen molar-refractivity contribution in [2.45, 2.75) is 69.3 Å². The van der Waals surface area contributed by atoms with Gasteiger partial charge in [-0.15, -0.1) is 0 Å². The summed E-state index contributed by atoms with van der Waals surface area (Å²) in [6.07, 6.45) is 10.5. The molecule has 0 radical (unpaired) electrons. The van der Waals surface area contributed by atoms with Gasteiger partial charge in [-0.2, -0.15) is 0 Å². The number of ether oxygens (including phenoxy) is 1. The molecule has 3 unspecified atom stereocenters. The summed E-state index contributed by atoms with van der Waals surface area (Å²) in [6.45, 7) is 2.29. The molecule has 0 bridgehead atoms. The first-order chi connectivity index (χ1) is 10.3. The molecule has 0 aromatic heterocycles. The van der Waals surface area contributed by atoms with Crippen molar-refractivity contribution >= 4 is 13.2 Å². The third kappa shape index (κ3) is 3.35. The topological polar surface area (TPSA) is 9.23 Å². The van der Waals surface area contributed by atoms with E-state index in [-0.39, 0.29) is 7.92 Å². The summed E-state index contributed by atoms with van der Waals surface area (Å²) in [5, 5.41) is 1.65. The van der Waals surface area contributed by atoms with Crippen LogP contribution in [0.2, 0.25) is 0 Å². The molecule has 0 spiro atoms. The van der Waals surface area contributed by atoms with Crippen LogP contribution in [0.15, 0.2) is 30.3 Å². The van der Waals surface area contributed by atoms with Crippen molar-refractivity contribution in [1.29, 1.82) is 0 Å². The summed E-state index contributed by atoms with van der Waals surface area (Å²) in [6, 6.07) is 11.4. The highest BCUT2D eigenvalue weighted by molar-refractivity contribution is 7.67. The van der Waals surface area contributed by atoms with Gasteiger partial charge in [0.2, 0.25) is 0 Å². The third-order valence-corrected chi connectivity index (χ3v) is 9.19. The largest absolute Gasteiger partial charge is 0.381 e. The average Bonchev–Trinajstić information content (AvgIpc) is 3.20. The van der Waals surface area contributed by atoms with Gasteiger partial charge in [0.15, 0.2) is 0 Å². The molecule has 4 atom stereocenters. The van der Waals surface area contributed by atoms with Gasteiger partial charge >= 0.3 is 0 Å². The van der Waals surface area contributed by atoms with Crippen LogP contribution in [0.5, 0.6) is 0 Å². The Balaban J connectivity index is 1.87. The van der Waals surface area contributed by atoms with E-state index in [0.29, 0.717) is 6.10 Å². The fourth-order valence-electron chi connectivity index (χ4n) is 4.49. The summed E-state index contributed by atoms with van der Waals surface area (Å²) in [5.74, 6) is 0.780. The first-order valence-corrected chi connectivity index (χ1v) is 10.2. The molecular weight excluding hydrogens is 275 g/mol. The first kappa shape index (κ1) is 15.5. The number of hydrogen-bond donors (Lipinski definition) is 0. The van der Waals surface area contributed by atoms with Crippen molar-refractivity contribution < 1.29 is 4.74 Å². The van der Waals surface area contributed by atoms with E-state index in [2.05, 4.69) is 37.3 Å². The van der Waals surface area contributed by atoms with Gasteiger partial charge in [-0.3, -0.25) is 0 Å². The number of benzene rings is 1. The molecular formula is C19H29OP. The predicted octanol–water partition coefficient (Wildman–Crippen LogP) is 4.94. The van der Waals surface area contributed by atoms with Gasteiger partial charge in [-0.1, -0.05) is 57.5 Å². The van der Waals surface area contributed by atoms with Crippen LogP contribution in [0.3, 0.4) is 0 Å². The van der Waals surface area contributed by atoms with Crippen molar-refractivity contribution in [3.05, 3.63) is 30.3 Å². The monoisotopic (exact) mass is 304 g/mol. The lowest BCUT2D eigenvalue weighted by Crippen LogP contribution is -2.30. The van der Waals surface area contributed by atoms with Crippen LogP contribution in [0, 0.1) is 5.92 Å². The van der Waals surface area contributed by atoms with E-state index < -0.39 is 0 Å². The summed E-state index contributed by atoms with van der Waals surface area (Å²) >= 11 is 0. The highest BCUT2D eigenvalue weighted by Gasteiger charge is 2.41. The Bertz CT molecular complexity index is 426. The average molecular weight is 304 g/mol. The highest BCUT2D eigenvalue weighted by atomic mass is 31.1. The number of rotatable bonds is 5. The smallest absolute Gasteiger partial charge is 0.0577 e. The molecule has 2 saturated carbocycles. The molecule has 2 fully saturated rings. The standard InChI is InChI=1S/C19H29OP/c1-15(20-2)18-13-8-14-19(18)21(17-11-6-7-12-17)16-9-4-3-5-10-16/h3-5,9-10,15,17-19H,6-8,11-14H2,1-2H3/t15-,18?,19?,21?/m1/s1. The van der Waals surface area contributed by atoms with Gasteiger partial charge in [0, 0.05) is 7.11 Å². The SMILES string of the molecule is CO[C@H](C)C1CCCC1P(c1ccccc1)C1CCCC1. The van der Waals surface area contributed by atoms with Crippen molar-refractivity contribution in [2.24, 2.45) is 5.92 Å². The number of hydrogen-bond acceptors (Lipinski definition) is 1. The van der Waals surface area contributed by atoms with E-state index >= 15 is 0 Å². The predicted molar refractivity (Wildman–Crippen MR) is 92.9 cm³/mol. The van der Waals surface area contributed by atoms with Crippen LogP contribution in [0.4, 0.5) is 0 Å². The quantitative estimate of drug-likeness (QED) is 0.700. The normalized spacial score (nSPS) is 29.6. The molecule has 3 rings (SSSR count). The zero-order chi connectivity index (χ0) is 14.7. The second kappa shape index (κ2) is 7.25. The molecule has 0 N–H and O–H groups in total. The van der Waals surface area contributed by atoms with Gasteiger partial charge in [-0.05, 0) is 55.1 Å². The Morgan fingerprint density at radius 1 is 1.00 bits per heavy atom. The van der Waals surface area contributed by atoms with Crippen LogP contribution < -0.4 is 5.30 Å². The van der Waals surface area contributed by atoms with Crippen molar-refractivity contribution in [3.63, 3.8) is 0 Å². The first-order valence-electron chi connectivity index (χ1n) is 8.67. The van der Waals surface area contributed by atoms with Crippen molar-refractivity contribution in [1.82, 2.24) is 0 Å². The summed E-state index contributed by atoms with van der Waals surface area (Å²) < 4.78 is 5.72. The second-order valence-corrected chi connectivity index (χ2v) is 9.51. The lowest BCUT2D eigenvalue weighted by atomic mass is 10.0. The molecule has 21 heavy (non-hydrogen) atoms. The molecule has 1 aromatic rings. The van der Waals surface area contributed by atoms with E-state index in [1.165, 1.54) is 44.9 Å². The molecule has 2 heteroatoms. The highest BCUT2D eigenvalue weighted by Crippen LogP contribution is 2.58. The van der Waals surface area contributed by atoms with Crippen molar-refractivity contribution in [2.75, 3.05) is 7.11 Å². The molecule has 2 aliphatic carbocycles. The summed E-state index contributed by atoms with van der Waals surface area (Å²) in [5.41, 5.74) is 1.86. The fraction of sp³-hybridized carbons (Fsp3) is 0.684. The number of methoxy groups -OCH3 is 1. The Morgan fingerprint density at radius 3 is 2.38 bits per heavy atom. The molecule has 116 valence electrons. The maximum atomic E-state index is 5.72. The Kier molecular flexibility index (Phi) is 5.35. The van der Waals surface area contributed by atoms with Gasteiger partial charge < -0.3 is 4.74 Å². The van der Waals surface area contributed by atoms with E-state index in [1.54, 1.807) is 5.30 Å². The Labute approximate surface area is 131 Å². The van der Waals surface area contributed by atoms with Gasteiger partial charge in [-0.25, -0.2) is 0 Å². The minimum atomic E-state index is -0.0155. The molecule has 0 aliphatic heterocycles. The fourth-order valence-corrected chi connectivity index (χ4v) is 8.54. The molecule has 0 heterocycles. The van der Waals surface area contributed by atoms with E-state index in [9.17, 15) is 0 Å². The maximum Gasteiger partial charge on any atom is 0.0577 e. The second-order valence-electron chi connectivity index (χ2n) is 6.78. The zero-order valence-corrected chi connectivity index (χ0v) is 14.4. The van der Waals surface area contributed by atoms with Crippen molar-refractivity contribution in [3.8, 4) is 0 Å². The lowest BCUT2D eigenvalue weighted by Gasteiger charge is -2.36. The van der Waals surface area contributed by atoms with Crippen LogP contribution in [0.1, 0.15) is 51.9 Å². The molecule has 0 saturated heterocycles. The zero-order valence-electron chi connectivity index (χ0n) is 13.5. The van der Waals surface area contributed by atoms with Gasteiger partial charge in [0.05, 0.1) is 6.10 Å². The Hall–Kier alpha value is -0.390. The minimum Gasteiger partial charge on any atom is -0.381 e. The Morgan fingerprint density at radius 2 is 1.71 bits per heavy atom. The minimum absolute atomic E-state index is 0.0155. The van der Waals surface area contributed by atoms with Crippen LogP contribution >= 0.6 is 7.92 Å². The van der Waals surface area contributed by atoms with Gasteiger partial charge in [0.1, 0.15) is 0 Å². The third-order valence-electron chi connectivity index (χ3n) is 5.64. The molecule has 1 nitrogen and oxygen atoms in total. The van der Waals surface area contributed by atoms with Crippen LogP contribution in [0.25, 0.3) is 0 Å².